The number of carbonyl (C=O) groups is 3. The van der Waals surface area contributed by atoms with Crippen LogP contribution in [0.15, 0.2) is 12.3 Å². The second-order valence-electron chi connectivity index (χ2n) is 7.63. The molecule has 28 heavy (non-hydrogen) atoms. The lowest BCUT2D eigenvalue weighted by Gasteiger charge is -2.27. The molecule has 1 atom stereocenters. The van der Waals surface area contributed by atoms with E-state index in [4.69, 9.17) is 4.74 Å². The zero-order valence-electron chi connectivity index (χ0n) is 17.1. The molecule has 0 aliphatic heterocycles. The number of amides is 2. The Kier molecular flexibility index (Phi) is 8.02. The van der Waals surface area contributed by atoms with E-state index in [1.54, 1.807) is 13.1 Å². The first kappa shape index (κ1) is 21.9. The van der Waals surface area contributed by atoms with Gasteiger partial charge in [-0.3, -0.25) is 14.3 Å². The molecule has 1 aromatic rings. The van der Waals surface area contributed by atoms with Crippen molar-refractivity contribution >= 4 is 23.6 Å². The molecular weight excluding hydrogens is 360 g/mol. The number of nitrogens with one attached hydrogen (secondary N) is 2. The zero-order chi connectivity index (χ0) is 20.6. The molecule has 156 valence electrons. The molecule has 8 nitrogen and oxygen atoms in total. The number of hydrogen-bond donors (Lipinski definition) is 2. The maximum absolute atomic E-state index is 12.6. The molecule has 1 fully saturated rings. The summed E-state index contributed by atoms with van der Waals surface area (Å²) in [7, 11) is 1.66. The molecule has 0 aromatic carbocycles. The SMILES string of the molecule is CCCC[C@H](NC(=O)OCC1(CC)CCCC1)C(=O)C(=O)Nc1ccnn1C. The van der Waals surface area contributed by atoms with Crippen LogP contribution in [0.1, 0.15) is 65.2 Å². The van der Waals surface area contributed by atoms with E-state index in [1.165, 1.54) is 10.9 Å². The maximum atomic E-state index is 12.6. The minimum absolute atomic E-state index is 0.0527. The number of aryl methyl sites for hydroxylation is 1. The van der Waals surface area contributed by atoms with Crippen LogP contribution in [-0.2, 0) is 21.4 Å². The van der Waals surface area contributed by atoms with Crippen LogP contribution in [0.5, 0.6) is 0 Å². The van der Waals surface area contributed by atoms with E-state index in [-0.39, 0.29) is 5.41 Å². The van der Waals surface area contributed by atoms with Crippen LogP contribution >= 0.6 is 0 Å². The number of carbonyl (C=O) groups excluding carboxylic acids is 3. The lowest BCUT2D eigenvalue weighted by atomic mass is 9.84. The number of nitrogens with zero attached hydrogens (tertiary/aromatic N) is 2. The molecule has 0 saturated heterocycles. The van der Waals surface area contributed by atoms with E-state index < -0.39 is 23.8 Å². The van der Waals surface area contributed by atoms with Crippen molar-refractivity contribution < 1.29 is 19.1 Å². The third-order valence-electron chi connectivity index (χ3n) is 5.66. The van der Waals surface area contributed by atoms with Crippen LogP contribution in [0.4, 0.5) is 10.6 Å². The van der Waals surface area contributed by atoms with Gasteiger partial charge < -0.3 is 15.4 Å². The van der Waals surface area contributed by atoms with Crippen molar-refractivity contribution in [2.75, 3.05) is 11.9 Å². The molecule has 0 radical (unpaired) electrons. The zero-order valence-corrected chi connectivity index (χ0v) is 17.1. The molecular formula is C20H32N4O4. The molecule has 0 spiro atoms. The molecule has 1 aliphatic rings. The summed E-state index contributed by atoms with van der Waals surface area (Å²) < 4.78 is 6.90. The van der Waals surface area contributed by atoms with Crippen molar-refractivity contribution in [1.82, 2.24) is 15.1 Å². The standard InChI is InChI=1S/C20H32N4O4/c1-4-6-9-15(17(25)18(26)23-16-10-13-21-24(16)3)22-19(27)28-14-20(5-2)11-7-8-12-20/h10,13,15H,4-9,11-12,14H2,1-3H3,(H,22,27)(H,23,26)/t15-/m0/s1. The summed E-state index contributed by atoms with van der Waals surface area (Å²) in [6.07, 6.45) is 8.24. The Morgan fingerprint density at radius 3 is 2.57 bits per heavy atom. The fourth-order valence-corrected chi connectivity index (χ4v) is 3.64. The second kappa shape index (κ2) is 10.2. The molecule has 1 saturated carbocycles. The lowest BCUT2D eigenvalue weighted by molar-refractivity contribution is -0.136. The Bertz CT molecular complexity index is 680. The number of ketones is 1. The van der Waals surface area contributed by atoms with Gasteiger partial charge in [-0.05, 0) is 25.7 Å². The number of hydrogen-bond acceptors (Lipinski definition) is 5. The van der Waals surface area contributed by atoms with Gasteiger partial charge in [-0.2, -0.15) is 5.10 Å². The number of aromatic nitrogens is 2. The van der Waals surface area contributed by atoms with Gasteiger partial charge >= 0.3 is 6.09 Å². The molecule has 2 amide bonds. The van der Waals surface area contributed by atoms with E-state index in [9.17, 15) is 14.4 Å². The molecule has 1 heterocycles. The third kappa shape index (κ3) is 5.81. The van der Waals surface area contributed by atoms with Gasteiger partial charge in [0.2, 0.25) is 5.78 Å². The number of ether oxygens (including phenoxy) is 1. The molecule has 2 rings (SSSR count). The van der Waals surface area contributed by atoms with Crippen molar-refractivity contribution in [3.05, 3.63) is 12.3 Å². The number of alkyl carbamates (subject to hydrolysis) is 1. The normalized spacial score (nSPS) is 16.4. The number of rotatable bonds is 10. The van der Waals surface area contributed by atoms with Gasteiger partial charge in [-0.1, -0.05) is 39.5 Å². The topological polar surface area (TPSA) is 102 Å². The Balaban J connectivity index is 1.93. The number of anilines is 1. The summed E-state index contributed by atoms with van der Waals surface area (Å²) >= 11 is 0. The summed E-state index contributed by atoms with van der Waals surface area (Å²) in [5.74, 6) is -1.04. The van der Waals surface area contributed by atoms with Gasteiger partial charge in [0.15, 0.2) is 0 Å². The van der Waals surface area contributed by atoms with Crippen LogP contribution in [0.2, 0.25) is 0 Å². The van der Waals surface area contributed by atoms with Gasteiger partial charge in [0.1, 0.15) is 11.9 Å². The molecule has 2 N–H and O–H groups in total. The monoisotopic (exact) mass is 392 g/mol. The van der Waals surface area contributed by atoms with Crippen molar-refractivity contribution in [2.45, 2.75) is 71.3 Å². The fourth-order valence-electron chi connectivity index (χ4n) is 3.64. The van der Waals surface area contributed by atoms with E-state index >= 15 is 0 Å². The highest BCUT2D eigenvalue weighted by molar-refractivity contribution is 6.42. The molecule has 0 unspecified atom stereocenters. The Labute approximate surface area is 166 Å². The van der Waals surface area contributed by atoms with Crippen LogP contribution in [0.25, 0.3) is 0 Å². The van der Waals surface area contributed by atoms with Gasteiger partial charge in [0.05, 0.1) is 12.8 Å². The predicted molar refractivity (Wildman–Crippen MR) is 106 cm³/mol. The fraction of sp³-hybridized carbons (Fsp3) is 0.700. The summed E-state index contributed by atoms with van der Waals surface area (Å²) in [6.45, 7) is 4.45. The molecule has 1 aromatic heterocycles. The highest BCUT2D eigenvalue weighted by atomic mass is 16.5. The maximum Gasteiger partial charge on any atom is 0.407 e. The lowest BCUT2D eigenvalue weighted by Crippen LogP contribution is -2.46. The third-order valence-corrected chi connectivity index (χ3v) is 5.66. The van der Waals surface area contributed by atoms with E-state index in [2.05, 4.69) is 22.7 Å². The smallest absolute Gasteiger partial charge is 0.407 e. The van der Waals surface area contributed by atoms with E-state index in [0.29, 0.717) is 25.3 Å². The first-order valence-electron chi connectivity index (χ1n) is 10.2. The first-order valence-corrected chi connectivity index (χ1v) is 10.2. The van der Waals surface area contributed by atoms with E-state index in [0.717, 1.165) is 38.5 Å². The number of unbranched alkanes of at least 4 members (excludes halogenated alkanes) is 1. The van der Waals surface area contributed by atoms with Crippen LogP contribution < -0.4 is 10.6 Å². The quantitative estimate of drug-likeness (QED) is 0.595. The van der Waals surface area contributed by atoms with Gasteiger partial charge in [0.25, 0.3) is 5.91 Å². The highest BCUT2D eigenvalue weighted by Gasteiger charge is 2.34. The van der Waals surface area contributed by atoms with Crippen LogP contribution in [-0.4, -0.2) is 40.2 Å². The average molecular weight is 392 g/mol. The first-order chi connectivity index (χ1) is 13.4. The van der Waals surface area contributed by atoms with Crippen molar-refractivity contribution in [2.24, 2.45) is 12.5 Å². The molecule has 1 aliphatic carbocycles. The largest absolute Gasteiger partial charge is 0.449 e. The summed E-state index contributed by atoms with van der Waals surface area (Å²) in [5, 5.41) is 9.08. The second-order valence-corrected chi connectivity index (χ2v) is 7.63. The van der Waals surface area contributed by atoms with E-state index in [1.807, 2.05) is 6.92 Å². The average Bonchev–Trinajstić information content (AvgIpc) is 3.32. The van der Waals surface area contributed by atoms with Crippen LogP contribution in [0, 0.1) is 5.41 Å². The molecule has 8 heteroatoms. The van der Waals surface area contributed by atoms with Crippen molar-refractivity contribution in [1.29, 1.82) is 0 Å². The summed E-state index contributed by atoms with van der Waals surface area (Å²) in [4.78, 5) is 37.2. The Hall–Kier alpha value is -2.38. The Morgan fingerprint density at radius 2 is 2.00 bits per heavy atom. The van der Waals surface area contributed by atoms with Crippen molar-refractivity contribution in [3.8, 4) is 0 Å². The van der Waals surface area contributed by atoms with Crippen molar-refractivity contribution in [3.63, 3.8) is 0 Å². The highest BCUT2D eigenvalue weighted by Crippen LogP contribution is 2.41. The minimum atomic E-state index is -0.901. The molecule has 0 bridgehead atoms. The summed E-state index contributed by atoms with van der Waals surface area (Å²) in [5.41, 5.74) is 0.0527. The number of Topliss-reactive ketones (excluding diaryl/α,β-unsaturated/α-hetero) is 1. The van der Waals surface area contributed by atoms with Gasteiger partial charge in [-0.25, -0.2) is 4.79 Å². The van der Waals surface area contributed by atoms with Crippen LogP contribution in [0.3, 0.4) is 0 Å². The minimum Gasteiger partial charge on any atom is -0.449 e. The predicted octanol–water partition coefficient (Wildman–Crippen LogP) is 3.18. The van der Waals surface area contributed by atoms with Gasteiger partial charge in [-0.15, -0.1) is 0 Å². The Morgan fingerprint density at radius 1 is 1.29 bits per heavy atom. The summed E-state index contributed by atoms with van der Waals surface area (Å²) in [6, 6.07) is 0.696. The van der Waals surface area contributed by atoms with Gasteiger partial charge in [0, 0.05) is 18.5 Å².